The van der Waals surface area contributed by atoms with E-state index < -0.39 is 0 Å². The monoisotopic (exact) mass is 187 g/mol. The summed E-state index contributed by atoms with van der Waals surface area (Å²) in [6.07, 6.45) is 0. The van der Waals surface area contributed by atoms with Crippen LogP contribution in [0.5, 0.6) is 0 Å². The maximum Gasteiger partial charge on any atom is 0.150 e. The third-order valence-corrected chi connectivity index (χ3v) is 4.76. The van der Waals surface area contributed by atoms with E-state index in [0.717, 1.165) is 0 Å². The van der Waals surface area contributed by atoms with Crippen molar-refractivity contribution in [2.45, 2.75) is 43.9 Å². The summed E-state index contributed by atoms with van der Waals surface area (Å²) in [6, 6.07) is 0. The molecule has 0 aromatic carbocycles. The Morgan fingerprint density at radius 1 is 1.50 bits per heavy atom. The largest absolute Gasteiger partial charge is 0.298 e. The molecule has 0 amide bonds. The van der Waals surface area contributed by atoms with Crippen LogP contribution in [-0.2, 0) is 4.79 Å². The Bertz CT molecular complexity index is 207. The van der Waals surface area contributed by atoms with Crippen LogP contribution in [0.4, 0.5) is 0 Å². The van der Waals surface area contributed by atoms with Crippen LogP contribution in [-0.4, -0.2) is 33.9 Å². The maximum atomic E-state index is 11.5. The number of Topliss-reactive ketones (excluding diaryl/α,β-unsaturated/α-hetero) is 1. The van der Waals surface area contributed by atoms with Crippen LogP contribution in [0.25, 0.3) is 0 Å². The molecule has 1 aliphatic heterocycles. The van der Waals surface area contributed by atoms with Gasteiger partial charge in [0.15, 0.2) is 5.78 Å². The van der Waals surface area contributed by atoms with Crippen LogP contribution >= 0.6 is 11.8 Å². The van der Waals surface area contributed by atoms with Crippen LogP contribution < -0.4 is 0 Å². The minimum atomic E-state index is -0.260. The molecule has 1 fully saturated rings. The number of hydrogen-bond donors (Lipinski definition) is 0. The first-order chi connectivity index (χ1) is 5.40. The average molecular weight is 187 g/mol. The van der Waals surface area contributed by atoms with Gasteiger partial charge in [-0.3, -0.25) is 9.69 Å². The van der Waals surface area contributed by atoms with Gasteiger partial charge in [0, 0.05) is 5.25 Å². The average Bonchev–Trinajstić information content (AvgIpc) is 2.16. The number of nitrogens with zero attached hydrogens (tertiary/aromatic N) is 1. The van der Waals surface area contributed by atoms with Crippen molar-refractivity contribution in [1.29, 1.82) is 0 Å². The highest BCUT2D eigenvalue weighted by molar-refractivity contribution is 8.00. The van der Waals surface area contributed by atoms with Crippen molar-refractivity contribution >= 4 is 17.5 Å². The number of carbonyl (C=O) groups is 1. The second-order valence-corrected chi connectivity index (χ2v) is 5.35. The highest BCUT2D eigenvalue weighted by atomic mass is 32.2. The minimum Gasteiger partial charge on any atom is -0.298 e. The molecule has 3 heteroatoms. The topological polar surface area (TPSA) is 20.3 Å². The zero-order valence-corrected chi connectivity index (χ0v) is 9.23. The van der Waals surface area contributed by atoms with Crippen LogP contribution in [0.1, 0.15) is 27.7 Å². The van der Waals surface area contributed by atoms with Gasteiger partial charge in [0.1, 0.15) is 0 Å². The molecule has 0 radical (unpaired) electrons. The standard InChI is InChI=1S/C9H17NOS/c1-6(11)9(4)7(2)12-8(3)10(9)5/h7-8H,1-5H3. The second-order valence-electron chi connectivity index (χ2n) is 3.69. The van der Waals surface area contributed by atoms with E-state index in [9.17, 15) is 4.79 Å². The van der Waals surface area contributed by atoms with Crippen molar-refractivity contribution in [3.05, 3.63) is 0 Å². The molecule has 70 valence electrons. The molecule has 1 rings (SSSR count). The van der Waals surface area contributed by atoms with Crippen molar-refractivity contribution < 1.29 is 4.79 Å². The summed E-state index contributed by atoms with van der Waals surface area (Å²) >= 11 is 1.87. The number of rotatable bonds is 1. The highest BCUT2D eigenvalue weighted by Crippen LogP contribution is 2.41. The number of hydrogen-bond acceptors (Lipinski definition) is 3. The lowest BCUT2D eigenvalue weighted by Gasteiger charge is -2.33. The Morgan fingerprint density at radius 3 is 2.17 bits per heavy atom. The van der Waals surface area contributed by atoms with E-state index in [-0.39, 0.29) is 11.3 Å². The second kappa shape index (κ2) is 3.04. The first kappa shape index (κ1) is 10.1. The van der Waals surface area contributed by atoms with Gasteiger partial charge < -0.3 is 0 Å². The SMILES string of the molecule is CC(=O)C1(C)C(C)SC(C)N1C. The predicted molar refractivity (Wildman–Crippen MR) is 53.4 cm³/mol. The van der Waals surface area contributed by atoms with Crippen molar-refractivity contribution in [1.82, 2.24) is 4.90 Å². The van der Waals surface area contributed by atoms with Gasteiger partial charge in [-0.25, -0.2) is 0 Å². The summed E-state index contributed by atoms with van der Waals surface area (Å²) in [7, 11) is 2.03. The van der Waals surface area contributed by atoms with E-state index in [1.807, 2.05) is 25.7 Å². The lowest BCUT2D eigenvalue weighted by atomic mass is 9.92. The van der Waals surface area contributed by atoms with E-state index in [1.54, 1.807) is 6.92 Å². The Labute approximate surface area is 78.7 Å². The zero-order chi connectivity index (χ0) is 9.52. The zero-order valence-electron chi connectivity index (χ0n) is 8.42. The lowest BCUT2D eigenvalue weighted by molar-refractivity contribution is -0.126. The van der Waals surface area contributed by atoms with Crippen LogP contribution in [0.15, 0.2) is 0 Å². The third kappa shape index (κ3) is 1.19. The molecule has 0 N–H and O–H groups in total. The first-order valence-corrected chi connectivity index (χ1v) is 5.24. The summed E-state index contributed by atoms with van der Waals surface area (Å²) in [6.45, 7) is 8.00. The quantitative estimate of drug-likeness (QED) is 0.624. The third-order valence-electron chi connectivity index (χ3n) is 3.18. The molecule has 0 spiro atoms. The minimum absolute atomic E-state index is 0.260. The van der Waals surface area contributed by atoms with E-state index in [0.29, 0.717) is 10.6 Å². The van der Waals surface area contributed by atoms with E-state index in [2.05, 4.69) is 18.7 Å². The highest BCUT2D eigenvalue weighted by Gasteiger charge is 2.48. The molecular weight excluding hydrogens is 170 g/mol. The molecule has 0 saturated carbocycles. The van der Waals surface area contributed by atoms with Gasteiger partial charge in [0.25, 0.3) is 0 Å². The van der Waals surface area contributed by atoms with Crippen LogP contribution in [0.3, 0.4) is 0 Å². The van der Waals surface area contributed by atoms with Gasteiger partial charge in [-0.2, -0.15) is 0 Å². The summed E-state index contributed by atoms with van der Waals surface area (Å²) in [5.41, 5.74) is -0.260. The Balaban J connectivity index is 2.95. The van der Waals surface area contributed by atoms with Crippen molar-refractivity contribution in [2.75, 3.05) is 7.05 Å². The van der Waals surface area contributed by atoms with Crippen molar-refractivity contribution in [3.63, 3.8) is 0 Å². The van der Waals surface area contributed by atoms with Crippen LogP contribution in [0, 0.1) is 0 Å². The molecule has 3 atom stereocenters. The Kier molecular flexibility index (Phi) is 2.55. The molecule has 0 aromatic heterocycles. The molecule has 0 bridgehead atoms. The molecule has 1 saturated heterocycles. The van der Waals surface area contributed by atoms with E-state index >= 15 is 0 Å². The smallest absolute Gasteiger partial charge is 0.150 e. The molecular formula is C9H17NOS. The molecule has 1 heterocycles. The van der Waals surface area contributed by atoms with Gasteiger partial charge >= 0.3 is 0 Å². The van der Waals surface area contributed by atoms with Crippen molar-refractivity contribution in [2.24, 2.45) is 0 Å². The molecule has 3 unspecified atom stereocenters. The van der Waals surface area contributed by atoms with Crippen LogP contribution in [0.2, 0.25) is 0 Å². The fourth-order valence-corrected chi connectivity index (χ4v) is 3.31. The fraction of sp³-hybridized carbons (Fsp3) is 0.889. The number of carbonyl (C=O) groups excluding carboxylic acids is 1. The van der Waals surface area contributed by atoms with Crippen molar-refractivity contribution in [3.8, 4) is 0 Å². The predicted octanol–water partition coefficient (Wildman–Crippen LogP) is 1.75. The fourth-order valence-electron chi connectivity index (χ4n) is 1.72. The number of thioether (sulfide) groups is 1. The van der Waals surface area contributed by atoms with Gasteiger partial charge in [-0.05, 0) is 27.8 Å². The summed E-state index contributed by atoms with van der Waals surface area (Å²) in [5, 5.41) is 0.851. The first-order valence-electron chi connectivity index (χ1n) is 4.30. The Morgan fingerprint density at radius 2 is 2.00 bits per heavy atom. The Hall–Kier alpha value is -0.0200. The molecule has 12 heavy (non-hydrogen) atoms. The van der Waals surface area contributed by atoms with E-state index in [4.69, 9.17) is 0 Å². The molecule has 0 aromatic rings. The molecule has 0 aliphatic carbocycles. The normalized spacial score (nSPS) is 43.4. The number of likely N-dealkylation sites (N-methyl/N-ethyl adjacent to an activating group) is 1. The summed E-state index contributed by atoms with van der Waals surface area (Å²) in [4.78, 5) is 13.7. The number of ketones is 1. The van der Waals surface area contributed by atoms with Gasteiger partial charge in [-0.1, -0.05) is 6.92 Å². The van der Waals surface area contributed by atoms with Gasteiger partial charge in [0.2, 0.25) is 0 Å². The maximum absolute atomic E-state index is 11.5. The van der Waals surface area contributed by atoms with E-state index in [1.165, 1.54) is 0 Å². The van der Waals surface area contributed by atoms with Gasteiger partial charge in [-0.15, -0.1) is 11.8 Å². The summed E-state index contributed by atoms with van der Waals surface area (Å²) in [5.74, 6) is 0.273. The molecule has 2 nitrogen and oxygen atoms in total. The lowest BCUT2D eigenvalue weighted by Crippen LogP contribution is -2.51. The van der Waals surface area contributed by atoms with Gasteiger partial charge in [0.05, 0.1) is 10.9 Å². The summed E-state index contributed by atoms with van der Waals surface area (Å²) < 4.78 is 0. The molecule has 1 aliphatic rings.